The molecule has 1 aliphatic carbocycles. The third-order valence-corrected chi connectivity index (χ3v) is 6.89. The van der Waals surface area contributed by atoms with Crippen molar-refractivity contribution in [1.82, 2.24) is 10.2 Å². The normalized spacial score (nSPS) is 14.3. The van der Waals surface area contributed by atoms with Gasteiger partial charge < -0.3 is 30.1 Å². The summed E-state index contributed by atoms with van der Waals surface area (Å²) < 4.78 is 10.7. The van der Waals surface area contributed by atoms with E-state index in [1.807, 2.05) is 30.3 Å². The summed E-state index contributed by atoms with van der Waals surface area (Å²) in [5.74, 6) is -0.0783. The Kier molecular flexibility index (Phi) is 9.40. The molecule has 3 aromatic carbocycles. The van der Waals surface area contributed by atoms with Crippen molar-refractivity contribution in [3.63, 3.8) is 0 Å². The molecule has 4 rings (SSSR count). The van der Waals surface area contributed by atoms with Crippen LogP contribution in [0, 0.1) is 6.92 Å². The highest BCUT2D eigenvalue weighted by molar-refractivity contribution is 5.99. The Bertz CT molecular complexity index is 1400. The van der Waals surface area contributed by atoms with E-state index >= 15 is 0 Å². The maximum absolute atomic E-state index is 14.4. The Balaban J connectivity index is 1.72. The van der Waals surface area contributed by atoms with Crippen LogP contribution in [-0.4, -0.2) is 52.7 Å². The zero-order valence-electron chi connectivity index (χ0n) is 24.7. The Morgan fingerprint density at radius 1 is 1.00 bits per heavy atom. The molecule has 9 heteroatoms. The first-order valence-electron chi connectivity index (χ1n) is 14.0. The molecule has 1 saturated carbocycles. The van der Waals surface area contributed by atoms with Crippen molar-refractivity contribution in [2.24, 2.45) is 0 Å². The summed E-state index contributed by atoms with van der Waals surface area (Å²) in [5, 5.41) is 15.9. The van der Waals surface area contributed by atoms with Crippen LogP contribution in [0.25, 0.3) is 0 Å². The summed E-state index contributed by atoms with van der Waals surface area (Å²) in [4.78, 5) is 42.9. The minimum absolute atomic E-state index is 0.0888. The van der Waals surface area contributed by atoms with Gasteiger partial charge in [-0.25, -0.2) is 4.79 Å². The Labute approximate surface area is 246 Å². The molecule has 0 saturated heterocycles. The van der Waals surface area contributed by atoms with Gasteiger partial charge in [0.05, 0.1) is 7.11 Å². The number of nitrogens with one attached hydrogen (secondary N) is 2. The van der Waals surface area contributed by atoms with Crippen LogP contribution >= 0.6 is 0 Å². The van der Waals surface area contributed by atoms with Gasteiger partial charge in [-0.3, -0.25) is 9.59 Å². The molecule has 42 heavy (non-hydrogen) atoms. The predicted octanol–water partition coefficient (Wildman–Crippen LogP) is 5.52. The number of aromatic hydroxyl groups is 1. The number of carbonyl (C=O) groups excluding carboxylic acids is 3. The average Bonchev–Trinajstić information content (AvgIpc) is 3.78. The minimum Gasteiger partial charge on any atom is -0.508 e. The number of anilines is 1. The van der Waals surface area contributed by atoms with Crippen molar-refractivity contribution in [3.05, 3.63) is 89.5 Å². The van der Waals surface area contributed by atoms with E-state index in [1.165, 1.54) is 6.07 Å². The van der Waals surface area contributed by atoms with E-state index in [0.29, 0.717) is 22.6 Å². The van der Waals surface area contributed by atoms with Crippen LogP contribution in [0.2, 0.25) is 0 Å². The van der Waals surface area contributed by atoms with Gasteiger partial charge in [-0.05, 0) is 93.6 Å². The second kappa shape index (κ2) is 13.0. The fraction of sp³-hybridized carbons (Fsp3) is 0.364. The maximum atomic E-state index is 14.4. The predicted molar refractivity (Wildman–Crippen MR) is 160 cm³/mol. The second-order valence-corrected chi connectivity index (χ2v) is 11.5. The molecule has 9 nitrogen and oxygen atoms in total. The number of aryl methyl sites for hydroxylation is 1. The highest BCUT2D eigenvalue weighted by Crippen LogP contribution is 2.37. The van der Waals surface area contributed by atoms with Crippen LogP contribution in [0.3, 0.4) is 0 Å². The first-order chi connectivity index (χ1) is 19.9. The van der Waals surface area contributed by atoms with E-state index in [-0.39, 0.29) is 18.2 Å². The van der Waals surface area contributed by atoms with Gasteiger partial charge in [0.25, 0.3) is 5.91 Å². The summed E-state index contributed by atoms with van der Waals surface area (Å²) in [6.07, 6.45) is 0.940. The molecular weight excluding hydrogens is 534 g/mol. The first-order valence-corrected chi connectivity index (χ1v) is 14.0. The number of alkyl carbamates (subject to hydrolysis) is 1. The van der Waals surface area contributed by atoms with E-state index in [0.717, 1.165) is 18.4 Å². The number of nitrogens with zero attached hydrogens (tertiary/aromatic N) is 1. The standard InChI is InChI=1S/C33H39N3O6/c1-21-19-23(11-18-28(21)37)29(30(38)34-24-12-16-26(41-5)17-13-24)36(25-14-15-25)31(39)27(20-22-9-7-6-8-10-22)35-32(40)42-33(2,3)4/h6-13,16-19,25,27,29,37H,14-15,20H2,1-5H3,(H,34,38)(H,35,40). The number of hydrogen-bond donors (Lipinski definition) is 3. The van der Waals surface area contributed by atoms with Crippen molar-refractivity contribution in [3.8, 4) is 11.5 Å². The molecule has 0 heterocycles. The molecular formula is C33H39N3O6. The summed E-state index contributed by atoms with van der Waals surface area (Å²) in [7, 11) is 1.56. The lowest BCUT2D eigenvalue weighted by Crippen LogP contribution is -2.54. The number of rotatable bonds is 10. The molecule has 3 aromatic rings. The molecule has 0 radical (unpaired) electrons. The van der Waals surface area contributed by atoms with Gasteiger partial charge in [-0.1, -0.05) is 36.4 Å². The molecule has 2 atom stereocenters. The van der Waals surface area contributed by atoms with Crippen molar-refractivity contribution in [2.75, 3.05) is 12.4 Å². The number of phenolic OH excluding ortho intramolecular Hbond substituents is 1. The first kappa shape index (κ1) is 30.4. The summed E-state index contributed by atoms with van der Waals surface area (Å²) in [5.41, 5.74) is 1.75. The lowest BCUT2D eigenvalue weighted by molar-refractivity contribution is -0.141. The fourth-order valence-electron chi connectivity index (χ4n) is 4.72. The van der Waals surface area contributed by atoms with Crippen molar-refractivity contribution in [2.45, 2.75) is 70.7 Å². The third kappa shape index (κ3) is 8.02. The van der Waals surface area contributed by atoms with Gasteiger partial charge in [0.15, 0.2) is 0 Å². The average molecular weight is 574 g/mol. The molecule has 0 bridgehead atoms. The molecule has 1 aliphatic rings. The zero-order valence-corrected chi connectivity index (χ0v) is 24.7. The molecule has 0 aliphatic heterocycles. The summed E-state index contributed by atoms with van der Waals surface area (Å²) in [6, 6.07) is 19.0. The lowest BCUT2D eigenvalue weighted by Gasteiger charge is -2.35. The SMILES string of the molecule is COc1ccc(NC(=O)C(c2ccc(O)c(C)c2)N(C(=O)C(Cc2ccccc2)NC(=O)OC(C)(C)C)C2CC2)cc1. The van der Waals surface area contributed by atoms with E-state index in [4.69, 9.17) is 9.47 Å². The number of carbonyl (C=O) groups is 3. The number of amides is 3. The van der Waals surface area contributed by atoms with Crippen LogP contribution in [-0.2, 0) is 20.7 Å². The van der Waals surface area contributed by atoms with Crippen LogP contribution in [0.4, 0.5) is 10.5 Å². The fourth-order valence-corrected chi connectivity index (χ4v) is 4.72. The zero-order chi connectivity index (χ0) is 30.4. The topological polar surface area (TPSA) is 117 Å². The number of ether oxygens (including phenoxy) is 2. The molecule has 3 amide bonds. The van der Waals surface area contributed by atoms with Crippen molar-refractivity contribution < 1.29 is 29.0 Å². The van der Waals surface area contributed by atoms with Crippen molar-refractivity contribution >= 4 is 23.6 Å². The molecule has 0 spiro atoms. The van der Waals surface area contributed by atoms with Gasteiger partial charge in [0, 0.05) is 18.2 Å². The summed E-state index contributed by atoms with van der Waals surface area (Å²) >= 11 is 0. The summed E-state index contributed by atoms with van der Waals surface area (Å²) in [6.45, 7) is 7.00. The number of phenols is 1. The molecule has 2 unspecified atom stereocenters. The number of hydrogen-bond acceptors (Lipinski definition) is 6. The van der Waals surface area contributed by atoms with Gasteiger partial charge >= 0.3 is 6.09 Å². The van der Waals surface area contributed by atoms with Gasteiger partial charge in [-0.15, -0.1) is 0 Å². The highest BCUT2D eigenvalue weighted by atomic mass is 16.6. The van der Waals surface area contributed by atoms with Gasteiger partial charge in [0.2, 0.25) is 5.91 Å². The highest BCUT2D eigenvalue weighted by Gasteiger charge is 2.44. The number of benzene rings is 3. The van der Waals surface area contributed by atoms with E-state index in [9.17, 15) is 19.5 Å². The van der Waals surface area contributed by atoms with Crippen molar-refractivity contribution in [1.29, 1.82) is 0 Å². The number of methoxy groups -OCH3 is 1. The Morgan fingerprint density at radius 3 is 2.24 bits per heavy atom. The van der Waals surface area contributed by atoms with Crippen LogP contribution in [0.5, 0.6) is 11.5 Å². The quantitative estimate of drug-likeness (QED) is 0.294. The van der Waals surface area contributed by atoms with Crippen LogP contribution < -0.4 is 15.4 Å². The maximum Gasteiger partial charge on any atom is 0.408 e. The minimum atomic E-state index is -1.02. The second-order valence-electron chi connectivity index (χ2n) is 11.5. The molecule has 0 aromatic heterocycles. The molecule has 222 valence electrons. The Morgan fingerprint density at radius 2 is 1.67 bits per heavy atom. The molecule has 3 N–H and O–H groups in total. The Hall–Kier alpha value is -4.53. The van der Waals surface area contributed by atoms with Crippen LogP contribution in [0.15, 0.2) is 72.8 Å². The van der Waals surface area contributed by atoms with Gasteiger partial charge in [-0.2, -0.15) is 0 Å². The van der Waals surface area contributed by atoms with E-state index < -0.39 is 35.6 Å². The molecule has 1 fully saturated rings. The van der Waals surface area contributed by atoms with Gasteiger partial charge in [0.1, 0.15) is 29.2 Å². The smallest absolute Gasteiger partial charge is 0.408 e. The monoisotopic (exact) mass is 573 g/mol. The van der Waals surface area contributed by atoms with Crippen LogP contribution in [0.1, 0.15) is 56.3 Å². The largest absolute Gasteiger partial charge is 0.508 e. The van der Waals surface area contributed by atoms with E-state index in [1.54, 1.807) is 76.1 Å². The third-order valence-electron chi connectivity index (χ3n) is 6.89. The van der Waals surface area contributed by atoms with E-state index in [2.05, 4.69) is 10.6 Å². The lowest BCUT2D eigenvalue weighted by atomic mass is 9.98.